The molecular formula is C21H22N8O3. The highest BCUT2D eigenvalue weighted by Crippen LogP contribution is 2.30. The molecule has 1 fully saturated rings. The van der Waals surface area contributed by atoms with Gasteiger partial charge in [0.05, 0.1) is 6.10 Å². The second-order valence-corrected chi connectivity index (χ2v) is 7.75. The van der Waals surface area contributed by atoms with Crippen LogP contribution in [0.1, 0.15) is 42.2 Å². The molecule has 0 spiro atoms. The fourth-order valence-electron chi connectivity index (χ4n) is 4.23. The van der Waals surface area contributed by atoms with Gasteiger partial charge in [0.2, 0.25) is 0 Å². The van der Waals surface area contributed by atoms with Crippen molar-refractivity contribution in [1.82, 2.24) is 34.7 Å². The van der Waals surface area contributed by atoms with Gasteiger partial charge in [0.15, 0.2) is 17.2 Å². The van der Waals surface area contributed by atoms with E-state index in [1.54, 1.807) is 23.8 Å². The van der Waals surface area contributed by atoms with E-state index in [9.17, 15) is 9.59 Å². The third-order valence-electron chi connectivity index (χ3n) is 5.89. The molecule has 0 bridgehead atoms. The number of carbonyl (C=O) groups is 1. The fourth-order valence-corrected chi connectivity index (χ4v) is 4.23. The topological polar surface area (TPSA) is 143 Å². The van der Waals surface area contributed by atoms with Crippen molar-refractivity contribution in [3.63, 3.8) is 0 Å². The maximum atomic E-state index is 12.9. The van der Waals surface area contributed by atoms with Crippen molar-refractivity contribution in [2.45, 2.75) is 37.8 Å². The second-order valence-electron chi connectivity index (χ2n) is 7.75. The molecule has 0 aliphatic heterocycles. The lowest BCUT2D eigenvalue weighted by Gasteiger charge is -2.28. The number of anilines is 1. The molecule has 3 heterocycles. The summed E-state index contributed by atoms with van der Waals surface area (Å²) in [5.41, 5.74) is 2.04. The number of aromatic nitrogens is 7. The van der Waals surface area contributed by atoms with Crippen molar-refractivity contribution in [2.75, 3.05) is 12.4 Å². The lowest BCUT2D eigenvalue weighted by atomic mass is 9.93. The maximum absolute atomic E-state index is 12.9. The summed E-state index contributed by atoms with van der Waals surface area (Å²) >= 11 is 0. The molecule has 11 heteroatoms. The van der Waals surface area contributed by atoms with E-state index in [0.29, 0.717) is 22.7 Å². The van der Waals surface area contributed by atoms with E-state index in [0.717, 1.165) is 31.2 Å². The van der Waals surface area contributed by atoms with Crippen LogP contribution in [-0.2, 0) is 4.74 Å². The van der Waals surface area contributed by atoms with Gasteiger partial charge in [-0.15, -0.1) is 0 Å². The number of methoxy groups -OCH3 is 1. The Labute approximate surface area is 182 Å². The first-order chi connectivity index (χ1) is 15.6. The highest BCUT2D eigenvalue weighted by atomic mass is 16.5. The van der Waals surface area contributed by atoms with E-state index >= 15 is 0 Å². The largest absolute Gasteiger partial charge is 0.381 e. The lowest BCUT2D eigenvalue weighted by molar-refractivity contribution is 0.0585. The van der Waals surface area contributed by atoms with E-state index in [1.165, 1.54) is 12.7 Å². The number of amides is 1. The molecule has 1 aliphatic carbocycles. The van der Waals surface area contributed by atoms with E-state index in [-0.39, 0.29) is 23.5 Å². The van der Waals surface area contributed by atoms with Gasteiger partial charge in [-0.05, 0) is 49.9 Å². The molecule has 11 nitrogen and oxygen atoms in total. The SMILES string of the molecule is COC1CCC(n2c(=O)[nH]c3c(C(=O)Nc4ccc(-c5ncn[nH]5)cc4)ncnc32)CC1. The number of ether oxygens (including phenoxy) is 1. The zero-order valence-electron chi connectivity index (χ0n) is 17.4. The normalized spacial score (nSPS) is 18.7. The number of imidazole rings is 1. The number of nitrogens with zero attached hydrogens (tertiary/aromatic N) is 5. The Kier molecular flexibility index (Phi) is 5.23. The highest BCUT2D eigenvalue weighted by molar-refractivity contribution is 6.09. The van der Waals surface area contributed by atoms with Crippen LogP contribution in [0.2, 0.25) is 0 Å². The van der Waals surface area contributed by atoms with Crippen LogP contribution < -0.4 is 11.0 Å². The van der Waals surface area contributed by atoms with E-state index < -0.39 is 5.91 Å². The molecule has 5 rings (SSSR count). The number of nitrogens with one attached hydrogen (secondary N) is 3. The Morgan fingerprint density at radius 3 is 2.56 bits per heavy atom. The fraction of sp³-hybridized carbons (Fsp3) is 0.333. The minimum Gasteiger partial charge on any atom is -0.381 e. The van der Waals surface area contributed by atoms with Crippen LogP contribution in [0.3, 0.4) is 0 Å². The summed E-state index contributed by atoms with van der Waals surface area (Å²) in [5.74, 6) is 0.208. The van der Waals surface area contributed by atoms with Crippen molar-refractivity contribution in [3.8, 4) is 11.4 Å². The molecule has 0 radical (unpaired) electrons. The van der Waals surface area contributed by atoms with Crippen LogP contribution in [0.15, 0.2) is 41.7 Å². The van der Waals surface area contributed by atoms with Gasteiger partial charge in [0.1, 0.15) is 18.2 Å². The minimum absolute atomic E-state index is 0.0112. The summed E-state index contributed by atoms with van der Waals surface area (Å²) in [6.07, 6.45) is 6.35. The average molecular weight is 434 g/mol. The van der Waals surface area contributed by atoms with Crippen molar-refractivity contribution < 1.29 is 9.53 Å². The van der Waals surface area contributed by atoms with Crippen molar-refractivity contribution in [2.24, 2.45) is 0 Å². The molecule has 1 amide bonds. The van der Waals surface area contributed by atoms with Gasteiger partial charge in [0, 0.05) is 24.4 Å². The van der Waals surface area contributed by atoms with Gasteiger partial charge in [-0.1, -0.05) is 0 Å². The van der Waals surface area contributed by atoms with Crippen LogP contribution in [0, 0.1) is 0 Å². The molecule has 0 unspecified atom stereocenters. The first kappa shape index (κ1) is 20.1. The van der Waals surface area contributed by atoms with E-state index in [2.05, 4.69) is 35.5 Å². The monoisotopic (exact) mass is 434 g/mol. The summed E-state index contributed by atoms with van der Waals surface area (Å²) in [5, 5.41) is 9.44. The van der Waals surface area contributed by atoms with Crippen LogP contribution in [0.4, 0.5) is 5.69 Å². The number of benzene rings is 1. The summed E-state index contributed by atoms with van der Waals surface area (Å²) in [4.78, 5) is 41.0. The number of carbonyl (C=O) groups excluding carboxylic acids is 1. The second kappa shape index (κ2) is 8.35. The van der Waals surface area contributed by atoms with Crippen LogP contribution in [0.25, 0.3) is 22.6 Å². The smallest absolute Gasteiger partial charge is 0.327 e. The van der Waals surface area contributed by atoms with Crippen LogP contribution in [0.5, 0.6) is 0 Å². The van der Waals surface area contributed by atoms with Gasteiger partial charge in [0.25, 0.3) is 5.91 Å². The number of hydrogen-bond donors (Lipinski definition) is 3. The molecular weight excluding hydrogens is 412 g/mol. The van der Waals surface area contributed by atoms with Crippen molar-refractivity contribution in [1.29, 1.82) is 0 Å². The Morgan fingerprint density at radius 2 is 1.88 bits per heavy atom. The molecule has 1 aromatic carbocycles. The molecule has 32 heavy (non-hydrogen) atoms. The first-order valence-corrected chi connectivity index (χ1v) is 10.4. The number of rotatable bonds is 5. The number of H-pyrrole nitrogens is 2. The Morgan fingerprint density at radius 1 is 1.09 bits per heavy atom. The third kappa shape index (κ3) is 3.66. The molecule has 0 atom stereocenters. The van der Waals surface area contributed by atoms with Gasteiger partial charge >= 0.3 is 5.69 Å². The first-order valence-electron chi connectivity index (χ1n) is 10.4. The Bertz CT molecular complexity index is 1290. The summed E-state index contributed by atoms with van der Waals surface area (Å²) in [6.45, 7) is 0. The standard InChI is InChI=1S/C21H22N8O3/c1-32-15-8-6-14(7-9-15)29-19-16(27-21(29)31)17(22-10-24-19)20(30)26-13-4-2-12(3-5-13)18-23-11-25-28-18/h2-5,10-11,14-15H,6-9H2,1H3,(H,26,30)(H,27,31)(H,23,25,28). The summed E-state index contributed by atoms with van der Waals surface area (Å²) in [6, 6.07) is 7.17. The molecule has 164 valence electrons. The van der Waals surface area contributed by atoms with Gasteiger partial charge < -0.3 is 15.0 Å². The number of aromatic amines is 2. The predicted molar refractivity (Wildman–Crippen MR) is 116 cm³/mol. The lowest BCUT2D eigenvalue weighted by Crippen LogP contribution is -2.28. The number of hydrogen-bond acceptors (Lipinski definition) is 7. The van der Waals surface area contributed by atoms with Gasteiger partial charge in [-0.25, -0.2) is 19.7 Å². The Hall–Kier alpha value is -3.86. The van der Waals surface area contributed by atoms with Gasteiger partial charge in [-0.2, -0.15) is 5.10 Å². The summed E-state index contributed by atoms with van der Waals surface area (Å²) in [7, 11) is 1.71. The minimum atomic E-state index is -0.429. The molecule has 1 saturated carbocycles. The molecule has 0 saturated heterocycles. The van der Waals surface area contributed by atoms with E-state index in [1.807, 2.05) is 12.1 Å². The summed E-state index contributed by atoms with van der Waals surface area (Å²) < 4.78 is 7.07. The molecule has 3 aromatic heterocycles. The van der Waals surface area contributed by atoms with E-state index in [4.69, 9.17) is 4.74 Å². The third-order valence-corrected chi connectivity index (χ3v) is 5.89. The molecule has 3 N–H and O–H groups in total. The molecule has 4 aromatic rings. The highest BCUT2D eigenvalue weighted by Gasteiger charge is 2.27. The zero-order valence-corrected chi connectivity index (χ0v) is 17.4. The zero-order chi connectivity index (χ0) is 22.1. The number of fused-ring (bicyclic) bond motifs is 1. The molecule has 1 aliphatic rings. The van der Waals surface area contributed by atoms with Crippen LogP contribution in [-0.4, -0.2) is 53.8 Å². The Balaban J connectivity index is 1.40. The van der Waals surface area contributed by atoms with Crippen LogP contribution >= 0.6 is 0 Å². The van der Waals surface area contributed by atoms with Crippen molar-refractivity contribution in [3.05, 3.63) is 53.1 Å². The predicted octanol–water partition coefficient (Wildman–Crippen LogP) is 2.29. The van der Waals surface area contributed by atoms with Gasteiger partial charge in [-0.3, -0.25) is 14.5 Å². The maximum Gasteiger partial charge on any atom is 0.327 e. The average Bonchev–Trinajstić information content (AvgIpc) is 3.47. The quantitative estimate of drug-likeness (QED) is 0.437. The van der Waals surface area contributed by atoms with Crippen molar-refractivity contribution >= 4 is 22.8 Å².